The minimum absolute atomic E-state index is 0.199. The van der Waals surface area contributed by atoms with E-state index in [9.17, 15) is 0 Å². The molecule has 76 valence electrons. The fourth-order valence-corrected chi connectivity index (χ4v) is 2.17. The Morgan fingerprint density at radius 3 is 2.93 bits per heavy atom. The van der Waals surface area contributed by atoms with Gasteiger partial charge in [0.05, 0.1) is 6.61 Å². The molecule has 1 atom stereocenters. The summed E-state index contributed by atoms with van der Waals surface area (Å²) in [7, 11) is 0. The molecule has 0 radical (unpaired) electrons. The largest absolute Gasteiger partial charge is 0.395 e. The highest BCUT2D eigenvalue weighted by molar-refractivity contribution is 5.34. The SMILES string of the molecule is NCC1c2ccccc2CN1CCO. The smallest absolute Gasteiger partial charge is 0.0558 e. The second-order valence-corrected chi connectivity index (χ2v) is 3.64. The third-order valence-electron chi connectivity index (χ3n) is 2.84. The Kier molecular flexibility index (Phi) is 2.82. The van der Waals surface area contributed by atoms with Crippen LogP contribution in [0.1, 0.15) is 17.2 Å². The Hall–Kier alpha value is -0.900. The highest BCUT2D eigenvalue weighted by Crippen LogP contribution is 2.31. The lowest BCUT2D eigenvalue weighted by Crippen LogP contribution is -2.30. The van der Waals surface area contributed by atoms with Crippen LogP contribution in [0.2, 0.25) is 0 Å². The zero-order valence-corrected chi connectivity index (χ0v) is 8.19. The van der Waals surface area contributed by atoms with Crippen LogP contribution in [0.15, 0.2) is 24.3 Å². The normalized spacial score (nSPS) is 21.1. The van der Waals surface area contributed by atoms with Gasteiger partial charge in [0.2, 0.25) is 0 Å². The highest BCUT2D eigenvalue weighted by Gasteiger charge is 2.27. The number of aliphatic hydroxyl groups excluding tert-OH is 1. The standard InChI is InChI=1S/C11H16N2O/c12-7-11-10-4-2-1-3-9(10)8-13(11)5-6-14/h1-4,11,14H,5-8,12H2. The van der Waals surface area contributed by atoms with Crippen molar-refractivity contribution >= 4 is 0 Å². The van der Waals surface area contributed by atoms with Crippen LogP contribution in [-0.4, -0.2) is 29.7 Å². The summed E-state index contributed by atoms with van der Waals surface area (Å²) in [6, 6.07) is 8.65. The fraction of sp³-hybridized carbons (Fsp3) is 0.455. The van der Waals surface area contributed by atoms with Crippen molar-refractivity contribution in [1.82, 2.24) is 4.90 Å². The first kappa shape index (κ1) is 9.65. The number of nitrogens with zero attached hydrogens (tertiary/aromatic N) is 1. The maximum absolute atomic E-state index is 8.94. The van der Waals surface area contributed by atoms with Gasteiger partial charge in [-0.05, 0) is 11.1 Å². The molecular formula is C11H16N2O. The van der Waals surface area contributed by atoms with Gasteiger partial charge in [-0.1, -0.05) is 24.3 Å². The van der Waals surface area contributed by atoms with Crippen LogP contribution in [-0.2, 0) is 6.54 Å². The van der Waals surface area contributed by atoms with Gasteiger partial charge in [0.25, 0.3) is 0 Å². The molecule has 3 nitrogen and oxygen atoms in total. The fourth-order valence-electron chi connectivity index (χ4n) is 2.17. The van der Waals surface area contributed by atoms with Gasteiger partial charge in [-0.25, -0.2) is 0 Å². The quantitative estimate of drug-likeness (QED) is 0.733. The van der Waals surface area contributed by atoms with E-state index in [-0.39, 0.29) is 6.61 Å². The zero-order chi connectivity index (χ0) is 9.97. The van der Waals surface area contributed by atoms with Crippen LogP contribution < -0.4 is 5.73 Å². The van der Waals surface area contributed by atoms with Gasteiger partial charge in [0, 0.05) is 25.7 Å². The summed E-state index contributed by atoms with van der Waals surface area (Å²) in [5.41, 5.74) is 8.41. The molecule has 1 unspecified atom stereocenters. The molecule has 0 saturated heterocycles. The summed E-state index contributed by atoms with van der Waals surface area (Å²) in [4.78, 5) is 2.23. The minimum atomic E-state index is 0.199. The molecule has 2 rings (SSSR count). The molecule has 0 aromatic heterocycles. The number of hydrogen-bond acceptors (Lipinski definition) is 3. The summed E-state index contributed by atoms with van der Waals surface area (Å²) < 4.78 is 0. The Balaban J connectivity index is 2.24. The van der Waals surface area contributed by atoms with E-state index >= 15 is 0 Å². The number of aliphatic hydroxyl groups is 1. The topological polar surface area (TPSA) is 49.5 Å². The molecule has 0 spiro atoms. The molecule has 1 aromatic carbocycles. The van der Waals surface area contributed by atoms with Crippen molar-refractivity contribution in [2.24, 2.45) is 5.73 Å². The molecule has 0 fully saturated rings. The third-order valence-corrected chi connectivity index (χ3v) is 2.84. The molecule has 0 amide bonds. The number of benzene rings is 1. The highest BCUT2D eigenvalue weighted by atomic mass is 16.3. The van der Waals surface area contributed by atoms with Crippen molar-refractivity contribution in [2.75, 3.05) is 19.7 Å². The number of nitrogens with two attached hydrogens (primary N) is 1. The van der Waals surface area contributed by atoms with E-state index in [0.717, 1.165) is 6.54 Å². The summed E-state index contributed by atoms with van der Waals surface area (Å²) in [5.74, 6) is 0. The molecule has 3 N–H and O–H groups in total. The van der Waals surface area contributed by atoms with Crippen molar-refractivity contribution < 1.29 is 5.11 Å². The van der Waals surface area contributed by atoms with E-state index in [0.29, 0.717) is 19.1 Å². The Labute approximate surface area is 84.1 Å². The molecule has 1 heterocycles. The minimum Gasteiger partial charge on any atom is -0.395 e. The van der Waals surface area contributed by atoms with Crippen molar-refractivity contribution in [3.8, 4) is 0 Å². The second kappa shape index (κ2) is 4.09. The average molecular weight is 192 g/mol. The molecule has 3 heteroatoms. The lowest BCUT2D eigenvalue weighted by molar-refractivity contribution is 0.164. The Morgan fingerprint density at radius 1 is 1.43 bits per heavy atom. The number of β-amino-alcohol motifs (C(OH)–C–C–N with tert-alkyl or cyclic N) is 1. The average Bonchev–Trinajstić information content (AvgIpc) is 2.55. The van der Waals surface area contributed by atoms with Gasteiger partial charge in [-0.3, -0.25) is 4.90 Å². The summed E-state index contributed by atoms with van der Waals surface area (Å²) >= 11 is 0. The lowest BCUT2D eigenvalue weighted by Gasteiger charge is -2.22. The molecule has 0 saturated carbocycles. The van der Waals surface area contributed by atoms with Crippen molar-refractivity contribution in [3.05, 3.63) is 35.4 Å². The van der Waals surface area contributed by atoms with Crippen LogP contribution >= 0.6 is 0 Å². The first-order valence-corrected chi connectivity index (χ1v) is 4.99. The van der Waals surface area contributed by atoms with Crippen LogP contribution in [0.3, 0.4) is 0 Å². The van der Waals surface area contributed by atoms with Crippen LogP contribution in [0.5, 0.6) is 0 Å². The number of rotatable bonds is 3. The van der Waals surface area contributed by atoms with Gasteiger partial charge in [-0.2, -0.15) is 0 Å². The molecule has 1 aromatic rings. The van der Waals surface area contributed by atoms with E-state index in [2.05, 4.69) is 23.1 Å². The molecule has 0 aliphatic carbocycles. The maximum atomic E-state index is 8.94. The van der Waals surface area contributed by atoms with Crippen molar-refractivity contribution in [1.29, 1.82) is 0 Å². The van der Waals surface area contributed by atoms with E-state index < -0.39 is 0 Å². The third kappa shape index (κ3) is 1.54. The van der Waals surface area contributed by atoms with E-state index in [1.165, 1.54) is 11.1 Å². The van der Waals surface area contributed by atoms with E-state index in [1.54, 1.807) is 0 Å². The molecular weight excluding hydrogens is 176 g/mol. The first-order valence-electron chi connectivity index (χ1n) is 4.99. The Morgan fingerprint density at radius 2 is 2.21 bits per heavy atom. The summed E-state index contributed by atoms with van der Waals surface area (Å²) in [6.45, 7) is 2.44. The molecule has 14 heavy (non-hydrogen) atoms. The number of hydrogen-bond donors (Lipinski definition) is 2. The Bertz CT molecular complexity index is 314. The number of fused-ring (bicyclic) bond motifs is 1. The monoisotopic (exact) mass is 192 g/mol. The van der Waals surface area contributed by atoms with E-state index in [1.807, 2.05) is 6.07 Å². The molecule has 0 bridgehead atoms. The van der Waals surface area contributed by atoms with Crippen LogP contribution in [0.25, 0.3) is 0 Å². The molecule has 1 aliphatic heterocycles. The first-order chi connectivity index (χ1) is 6.86. The maximum Gasteiger partial charge on any atom is 0.0558 e. The van der Waals surface area contributed by atoms with Gasteiger partial charge >= 0.3 is 0 Å². The van der Waals surface area contributed by atoms with Crippen molar-refractivity contribution in [3.63, 3.8) is 0 Å². The van der Waals surface area contributed by atoms with Gasteiger partial charge in [0.1, 0.15) is 0 Å². The lowest BCUT2D eigenvalue weighted by atomic mass is 10.1. The molecule has 1 aliphatic rings. The van der Waals surface area contributed by atoms with Gasteiger partial charge < -0.3 is 10.8 Å². The van der Waals surface area contributed by atoms with Gasteiger partial charge in [0.15, 0.2) is 0 Å². The van der Waals surface area contributed by atoms with E-state index in [4.69, 9.17) is 10.8 Å². The van der Waals surface area contributed by atoms with Gasteiger partial charge in [-0.15, -0.1) is 0 Å². The second-order valence-electron chi connectivity index (χ2n) is 3.64. The summed E-state index contributed by atoms with van der Waals surface area (Å²) in [6.07, 6.45) is 0. The van der Waals surface area contributed by atoms with Crippen LogP contribution in [0, 0.1) is 0 Å². The van der Waals surface area contributed by atoms with Crippen molar-refractivity contribution in [2.45, 2.75) is 12.6 Å². The zero-order valence-electron chi connectivity index (χ0n) is 8.19. The van der Waals surface area contributed by atoms with Crippen LogP contribution in [0.4, 0.5) is 0 Å². The predicted molar refractivity (Wildman–Crippen MR) is 55.7 cm³/mol. The summed E-state index contributed by atoms with van der Waals surface area (Å²) in [5, 5.41) is 8.94. The predicted octanol–water partition coefficient (Wildman–Crippen LogP) is 0.494.